The van der Waals surface area contributed by atoms with E-state index >= 15 is 0 Å². The highest BCUT2D eigenvalue weighted by atomic mass is 32.2. The number of ketones is 2. The van der Waals surface area contributed by atoms with Crippen LogP contribution in [0.3, 0.4) is 0 Å². The standard InChI is InChI=1S/C30H20N4O12S4.2C3H6O/c1-3-5-45-29-23-11-17(33(41)42)12-24(29)48-20-8-16(32(39)40)10-22(28(20)36)50-26-14-18(34(43)44)13-25(30(26)46-6-4-2)49-21-9-15(31(37)38)7-19(47-23)27(21)35;2*1-3(2)4/h3-4,7-14,35-36H,1-2,5-6H2;2*1-2H3. The third-order valence-electron chi connectivity index (χ3n) is 6.47. The molecule has 0 unspecified atom stereocenters. The van der Waals surface area contributed by atoms with Crippen LogP contribution >= 0.6 is 47.0 Å². The maximum atomic E-state index is 12.1. The summed E-state index contributed by atoms with van der Waals surface area (Å²) in [6.07, 6.45) is 2.77. The summed E-state index contributed by atoms with van der Waals surface area (Å²) in [7, 11) is 0. The van der Waals surface area contributed by atoms with Gasteiger partial charge in [-0.15, -0.1) is 0 Å². The summed E-state index contributed by atoms with van der Waals surface area (Å²) in [4.78, 5) is 63.7. The number of nitro groups is 4. The molecule has 5 rings (SSSR count). The van der Waals surface area contributed by atoms with Crippen molar-refractivity contribution in [3.05, 3.63) is 114 Å². The number of rotatable bonds is 10. The molecule has 0 radical (unpaired) electrons. The van der Waals surface area contributed by atoms with E-state index in [1.54, 1.807) is 0 Å². The maximum absolute atomic E-state index is 12.1. The summed E-state index contributed by atoms with van der Waals surface area (Å²) in [5.74, 6) is -0.693. The minimum Gasteiger partial charge on any atom is -0.506 e. The van der Waals surface area contributed by atoms with Crippen molar-refractivity contribution in [2.75, 3.05) is 13.2 Å². The fraction of sp³-hybridized carbons (Fsp3) is 0.167. The molecular formula is C36H32N4O14S4. The number of phenols is 2. The molecule has 58 heavy (non-hydrogen) atoms. The van der Waals surface area contributed by atoms with Crippen molar-refractivity contribution in [2.24, 2.45) is 0 Å². The molecule has 304 valence electrons. The summed E-state index contributed by atoms with van der Waals surface area (Å²) in [5.41, 5.74) is -1.90. The Kier molecular flexibility index (Phi) is 16.7. The van der Waals surface area contributed by atoms with Crippen LogP contribution < -0.4 is 9.47 Å². The quantitative estimate of drug-likeness (QED) is 0.0750. The molecule has 1 aliphatic rings. The van der Waals surface area contributed by atoms with Crippen LogP contribution in [0.2, 0.25) is 0 Å². The predicted molar refractivity (Wildman–Crippen MR) is 216 cm³/mol. The number of nitro benzene ring substituents is 4. The number of carbonyl (C=O) groups is 2. The van der Waals surface area contributed by atoms with Gasteiger partial charge in [-0.25, -0.2) is 0 Å². The van der Waals surface area contributed by atoms with E-state index < -0.39 is 53.9 Å². The number of ether oxygens (including phenoxy) is 2. The smallest absolute Gasteiger partial charge is 0.271 e. The fourth-order valence-electron chi connectivity index (χ4n) is 4.34. The Balaban J connectivity index is 0.00000103. The van der Waals surface area contributed by atoms with Gasteiger partial charge in [-0.2, -0.15) is 0 Å². The molecule has 0 atom stereocenters. The summed E-state index contributed by atoms with van der Waals surface area (Å²) in [6.45, 7) is 13.1. The zero-order valence-corrected chi connectivity index (χ0v) is 34.1. The largest absolute Gasteiger partial charge is 0.506 e. The van der Waals surface area contributed by atoms with E-state index in [0.717, 1.165) is 48.5 Å². The van der Waals surface area contributed by atoms with Crippen LogP contribution in [0.4, 0.5) is 22.7 Å². The first kappa shape index (κ1) is 46.3. The van der Waals surface area contributed by atoms with Crippen LogP contribution in [0.5, 0.6) is 23.0 Å². The van der Waals surface area contributed by atoms with Crippen molar-refractivity contribution in [1.82, 2.24) is 0 Å². The Bertz CT molecular complexity index is 2070. The van der Waals surface area contributed by atoms with E-state index in [-0.39, 0.29) is 75.4 Å². The van der Waals surface area contributed by atoms with Gasteiger partial charge in [0.2, 0.25) is 0 Å². The lowest BCUT2D eigenvalue weighted by molar-refractivity contribution is -0.385. The number of Topliss-reactive ketones (excluding diaryl/α,β-unsaturated/α-hetero) is 2. The number of nitrogens with zero attached hydrogens (tertiary/aromatic N) is 4. The van der Waals surface area contributed by atoms with E-state index in [1.807, 2.05) is 0 Å². The van der Waals surface area contributed by atoms with Gasteiger partial charge < -0.3 is 29.3 Å². The average molecular weight is 873 g/mol. The zero-order valence-electron chi connectivity index (χ0n) is 30.8. The third-order valence-corrected chi connectivity index (χ3v) is 10.7. The highest BCUT2D eigenvalue weighted by Crippen LogP contribution is 2.55. The summed E-state index contributed by atoms with van der Waals surface area (Å²) in [5, 5.41) is 71.2. The molecule has 0 saturated carbocycles. The molecule has 0 spiro atoms. The molecule has 0 saturated heterocycles. The molecule has 1 aliphatic heterocycles. The molecule has 18 nitrogen and oxygen atoms in total. The number of phenolic OH excluding ortho intramolecular Hbond substituents is 2. The summed E-state index contributed by atoms with van der Waals surface area (Å²) < 4.78 is 11.8. The van der Waals surface area contributed by atoms with Gasteiger partial charge in [0.05, 0.1) is 58.9 Å². The Labute approximate surface area is 346 Å². The van der Waals surface area contributed by atoms with Gasteiger partial charge in [-0.1, -0.05) is 72.4 Å². The second-order valence-electron chi connectivity index (χ2n) is 11.6. The molecule has 0 fully saturated rings. The number of carbonyl (C=O) groups excluding carboxylic acids is 2. The highest BCUT2D eigenvalue weighted by Gasteiger charge is 2.29. The second kappa shape index (κ2) is 20.9. The predicted octanol–water partition coefficient (Wildman–Crippen LogP) is 9.97. The van der Waals surface area contributed by atoms with Crippen LogP contribution in [0.1, 0.15) is 27.7 Å². The van der Waals surface area contributed by atoms with Crippen molar-refractivity contribution in [2.45, 2.75) is 66.9 Å². The van der Waals surface area contributed by atoms with Gasteiger partial charge in [-0.05, 0) is 27.7 Å². The summed E-state index contributed by atoms with van der Waals surface area (Å²) in [6, 6.07) is 8.62. The highest BCUT2D eigenvalue weighted by molar-refractivity contribution is 8.01. The number of benzene rings is 4. The monoisotopic (exact) mass is 872 g/mol. The van der Waals surface area contributed by atoms with E-state index in [4.69, 9.17) is 9.47 Å². The Hall–Kier alpha value is -6.10. The molecule has 0 aliphatic carbocycles. The first-order valence-electron chi connectivity index (χ1n) is 16.1. The van der Waals surface area contributed by atoms with Gasteiger partial charge in [0, 0.05) is 48.5 Å². The lowest BCUT2D eigenvalue weighted by Gasteiger charge is -2.19. The molecule has 8 bridgehead atoms. The number of non-ortho nitro benzene ring substituents is 4. The van der Waals surface area contributed by atoms with Crippen molar-refractivity contribution in [3.8, 4) is 23.0 Å². The molecule has 0 amide bonds. The molecule has 2 N–H and O–H groups in total. The maximum Gasteiger partial charge on any atom is 0.271 e. The number of aromatic hydroxyl groups is 2. The SMILES string of the molecule is C=CCOc1c2cc([N+](=O)[O-])cc1Sc1cc([N+](=O)[O-])cc(c1O)Sc1cc([N+](=O)[O-])cc(c1OCC=C)Sc1cc([N+](=O)[O-])cc(c1O)S2.CC(C)=O.CC(C)=O. The first-order valence-corrected chi connectivity index (χ1v) is 19.3. The van der Waals surface area contributed by atoms with Crippen LogP contribution in [-0.2, 0) is 9.59 Å². The Morgan fingerprint density at radius 3 is 0.879 bits per heavy atom. The fourth-order valence-corrected chi connectivity index (χ4v) is 8.86. The van der Waals surface area contributed by atoms with Crippen molar-refractivity contribution in [1.29, 1.82) is 0 Å². The second-order valence-corrected chi connectivity index (χ2v) is 15.9. The van der Waals surface area contributed by atoms with Gasteiger partial charge in [0.25, 0.3) is 22.7 Å². The Morgan fingerprint density at radius 1 is 0.517 bits per heavy atom. The molecule has 1 heterocycles. The number of fused-ring (bicyclic) bond motifs is 8. The lowest BCUT2D eigenvalue weighted by Crippen LogP contribution is -2.00. The molecule has 0 aromatic heterocycles. The van der Waals surface area contributed by atoms with E-state index in [9.17, 15) is 60.3 Å². The van der Waals surface area contributed by atoms with Gasteiger partial charge in [-0.3, -0.25) is 40.5 Å². The van der Waals surface area contributed by atoms with E-state index in [2.05, 4.69) is 13.2 Å². The van der Waals surface area contributed by atoms with E-state index in [0.29, 0.717) is 47.0 Å². The third kappa shape index (κ3) is 12.4. The van der Waals surface area contributed by atoms with Crippen molar-refractivity contribution < 1.29 is 49.0 Å². The average Bonchev–Trinajstić information content (AvgIpc) is 3.12. The Morgan fingerprint density at radius 2 is 0.707 bits per heavy atom. The van der Waals surface area contributed by atoms with Crippen LogP contribution in [0.15, 0.2) is 113 Å². The number of hydrogen-bond acceptors (Lipinski definition) is 18. The van der Waals surface area contributed by atoms with Crippen molar-refractivity contribution in [3.63, 3.8) is 0 Å². The normalized spacial score (nSPS) is 11.2. The molecule has 22 heteroatoms. The molecular weight excluding hydrogens is 841 g/mol. The minimum atomic E-state index is -0.720. The van der Waals surface area contributed by atoms with Crippen LogP contribution in [0, 0.1) is 40.5 Å². The van der Waals surface area contributed by atoms with Crippen molar-refractivity contribution >= 4 is 81.4 Å². The minimum absolute atomic E-state index is 0.00884. The van der Waals surface area contributed by atoms with Gasteiger partial charge in [0.1, 0.15) is 47.8 Å². The van der Waals surface area contributed by atoms with Gasteiger partial charge in [0.15, 0.2) is 0 Å². The van der Waals surface area contributed by atoms with Crippen LogP contribution in [-0.4, -0.2) is 54.7 Å². The zero-order chi connectivity index (χ0) is 43.4. The van der Waals surface area contributed by atoms with Gasteiger partial charge >= 0.3 is 0 Å². The molecule has 4 aromatic carbocycles. The lowest BCUT2D eigenvalue weighted by atomic mass is 10.3. The van der Waals surface area contributed by atoms with Crippen LogP contribution in [0.25, 0.3) is 0 Å². The van der Waals surface area contributed by atoms with E-state index in [1.165, 1.54) is 39.8 Å². The molecule has 4 aromatic rings. The topological polar surface area (TPSA) is 266 Å². The first-order chi connectivity index (χ1) is 27.3. The number of hydrogen-bond donors (Lipinski definition) is 2. The summed E-state index contributed by atoms with van der Waals surface area (Å²) >= 11 is 2.74.